The zero-order chi connectivity index (χ0) is 14.5. The molecule has 0 aliphatic rings. The Bertz CT molecular complexity index is 417. The highest BCUT2D eigenvalue weighted by Crippen LogP contribution is 2.16. The number of hydrogen-bond donors (Lipinski definition) is 2. The first kappa shape index (κ1) is 15.4. The molecule has 0 spiro atoms. The minimum absolute atomic E-state index is 0.0172. The highest BCUT2D eigenvalue weighted by atomic mass is 19.3. The van der Waals surface area contributed by atoms with E-state index in [4.69, 9.17) is 5.73 Å². The van der Waals surface area contributed by atoms with Crippen molar-refractivity contribution < 1.29 is 18.3 Å². The van der Waals surface area contributed by atoms with Crippen LogP contribution in [0.3, 0.4) is 0 Å². The summed E-state index contributed by atoms with van der Waals surface area (Å²) in [5.41, 5.74) is 5.50. The molecular weight excluding hydrogens is 254 g/mol. The van der Waals surface area contributed by atoms with Crippen LogP contribution in [0.25, 0.3) is 0 Å². The van der Waals surface area contributed by atoms with Gasteiger partial charge in [-0.25, -0.2) is 0 Å². The number of hydrogen-bond acceptors (Lipinski definition) is 3. The molecule has 19 heavy (non-hydrogen) atoms. The predicted octanol–water partition coefficient (Wildman–Crippen LogP) is 2.15. The van der Waals surface area contributed by atoms with E-state index >= 15 is 0 Å². The Morgan fingerprint density at radius 3 is 2.42 bits per heavy atom. The summed E-state index contributed by atoms with van der Waals surface area (Å²) in [5, 5.41) is 2.82. The largest absolute Gasteiger partial charge is 0.435 e. The number of benzene rings is 1. The van der Waals surface area contributed by atoms with Crippen molar-refractivity contribution in [3.05, 3.63) is 29.8 Å². The maximum absolute atomic E-state index is 12.0. The van der Waals surface area contributed by atoms with Crippen LogP contribution in [0.4, 0.5) is 8.78 Å². The molecule has 1 rings (SSSR count). The smallest absolute Gasteiger partial charge is 0.387 e. The highest BCUT2D eigenvalue weighted by Gasteiger charge is 2.22. The van der Waals surface area contributed by atoms with Crippen LogP contribution in [0.15, 0.2) is 24.3 Å². The van der Waals surface area contributed by atoms with E-state index in [0.717, 1.165) is 0 Å². The summed E-state index contributed by atoms with van der Waals surface area (Å²) in [6.45, 7) is 1.22. The maximum atomic E-state index is 12.0. The third kappa shape index (κ3) is 4.48. The van der Waals surface area contributed by atoms with Gasteiger partial charge < -0.3 is 15.8 Å². The normalized spacial score (nSPS) is 14.0. The Balaban J connectivity index is 2.73. The fourth-order valence-corrected chi connectivity index (χ4v) is 1.42. The summed E-state index contributed by atoms with van der Waals surface area (Å²) in [6.07, 6.45) is 0.696. The van der Waals surface area contributed by atoms with Crippen molar-refractivity contribution in [2.45, 2.75) is 32.4 Å². The van der Waals surface area contributed by atoms with E-state index in [2.05, 4.69) is 10.1 Å². The van der Waals surface area contributed by atoms with Crippen molar-refractivity contribution in [1.29, 1.82) is 0 Å². The van der Waals surface area contributed by atoms with Crippen molar-refractivity contribution in [3.8, 4) is 5.75 Å². The lowest BCUT2D eigenvalue weighted by Crippen LogP contribution is -2.50. The van der Waals surface area contributed by atoms with E-state index in [1.165, 1.54) is 24.3 Å². The van der Waals surface area contributed by atoms with Gasteiger partial charge in [-0.15, -0.1) is 0 Å². The maximum Gasteiger partial charge on any atom is 0.387 e. The van der Waals surface area contributed by atoms with Crippen LogP contribution in [0, 0.1) is 0 Å². The molecule has 1 amide bonds. The topological polar surface area (TPSA) is 64.3 Å². The molecule has 4 nitrogen and oxygen atoms in total. The standard InChI is InChI=1S/C13H18F2N2O2/c1-3-13(2,8-16)17-11(18)9-4-6-10(7-5-9)19-12(14)15/h4-7,12H,3,8,16H2,1-2H3,(H,17,18). The fraction of sp³-hybridized carbons (Fsp3) is 0.462. The number of halogens is 2. The highest BCUT2D eigenvalue weighted by molar-refractivity contribution is 5.94. The second kappa shape index (κ2) is 6.47. The van der Waals surface area contributed by atoms with Crippen molar-refractivity contribution in [2.75, 3.05) is 6.54 Å². The predicted molar refractivity (Wildman–Crippen MR) is 68.3 cm³/mol. The third-order valence-electron chi connectivity index (χ3n) is 2.99. The van der Waals surface area contributed by atoms with Crippen LogP contribution in [-0.2, 0) is 0 Å². The summed E-state index contributed by atoms with van der Waals surface area (Å²) < 4.78 is 28.2. The molecule has 106 valence electrons. The molecule has 0 aliphatic carbocycles. The van der Waals surface area contributed by atoms with Crippen LogP contribution < -0.4 is 15.8 Å². The van der Waals surface area contributed by atoms with Crippen LogP contribution in [0.2, 0.25) is 0 Å². The number of nitrogens with one attached hydrogen (secondary N) is 1. The van der Waals surface area contributed by atoms with Gasteiger partial charge in [-0.05, 0) is 37.6 Å². The Hall–Kier alpha value is -1.69. The van der Waals surface area contributed by atoms with Gasteiger partial charge in [0.2, 0.25) is 0 Å². The van der Waals surface area contributed by atoms with Crippen molar-refractivity contribution in [3.63, 3.8) is 0 Å². The minimum atomic E-state index is -2.87. The molecule has 1 aromatic carbocycles. The lowest BCUT2D eigenvalue weighted by molar-refractivity contribution is -0.0498. The van der Waals surface area contributed by atoms with E-state index in [-0.39, 0.29) is 11.7 Å². The average molecular weight is 272 g/mol. The summed E-state index contributed by atoms with van der Waals surface area (Å²) in [5.74, 6) is -0.276. The van der Waals surface area contributed by atoms with Gasteiger partial charge in [-0.3, -0.25) is 4.79 Å². The van der Waals surface area contributed by atoms with Gasteiger partial charge in [0.25, 0.3) is 5.91 Å². The minimum Gasteiger partial charge on any atom is -0.435 e. The van der Waals surface area contributed by atoms with Crippen LogP contribution in [0.5, 0.6) is 5.75 Å². The molecule has 0 aromatic heterocycles. The summed E-state index contributed by atoms with van der Waals surface area (Å²) in [4.78, 5) is 12.0. The molecule has 1 atom stereocenters. The first-order valence-corrected chi connectivity index (χ1v) is 5.97. The summed E-state index contributed by atoms with van der Waals surface area (Å²) >= 11 is 0. The Morgan fingerprint density at radius 1 is 1.42 bits per heavy atom. The number of carbonyl (C=O) groups is 1. The molecule has 6 heteroatoms. The molecule has 0 radical (unpaired) electrons. The van der Waals surface area contributed by atoms with Crippen molar-refractivity contribution in [1.82, 2.24) is 5.32 Å². The van der Waals surface area contributed by atoms with E-state index in [0.29, 0.717) is 18.5 Å². The molecule has 0 fully saturated rings. The third-order valence-corrected chi connectivity index (χ3v) is 2.99. The molecular formula is C13H18F2N2O2. The van der Waals surface area contributed by atoms with Gasteiger partial charge in [0, 0.05) is 17.6 Å². The zero-order valence-electron chi connectivity index (χ0n) is 11.0. The van der Waals surface area contributed by atoms with Gasteiger partial charge in [0.05, 0.1) is 0 Å². The number of ether oxygens (including phenoxy) is 1. The second-order valence-corrected chi connectivity index (χ2v) is 4.48. The van der Waals surface area contributed by atoms with E-state index < -0.39 is 12.2 Å². The second-order valence-electron chi connectivity index (χ2n) is 4.48. The van der Waals surface area contributed by atoms with Crippen LogP contribution >= 0.6 is 0 Å². The Morgan fingerprint density at radius 2 is 2.00 bits per heavy atom. The summed E-state index contributed by atoms with van der Waals surface area (Å²) in [6, 6.07) is 5.51. The van der Waals surface area contributed by atoms with Crippen molar-refractivity contribution in [2.24, 2.45) is 5.73 Å². The van der Waals surface area contributed by atoms with Gasteiger partial charge >= 0.3 is 6.61 Å². The van der Waals surface area contributed by atoms with Gasteiger partial charge in [-0.1, -0.05) is 6.92 Å². The van der Waals surface area contributed by atoms with Crippen LogP contribution in [-0.4, -0.2) is 24.6 Å². The number of amides is 1. The van der Waals surface area contributed by atoms with E-state index in [9.17, 15) is 13.6 Å². The summed E-state index contributed by atoms with van der Waals surface area (Å²) in [7, 11) is 0. The van der Waals surface area contributed by atoms with Gasteiger partial charge in [0.15, 0.2) is 0 Å². The first-order chi connectivity index (χ1) is 8.90. The van der Waals surface area contributed by atoms with Gasteiger partial charge in [-0.2, -0.15) is 8.78 Å². The van der Waals surface area contributed by atoms with E-state index in [1.54, 1.807) is 0 Å². The number of alkyl halides is 2. The molecule has 0 saturated carbocycles. The molecule has 1 aromatic rings. The molecule has 1 unspecified atom stereocenters. The Kier molecular flexibility index (Phi) is 5.23. The van der Waals surface area contributed by atoms with Crippen molar-refractivity contribution >= 4 is 5.91 Å². The molecule has 0 saturated heterocycles. The molecule has 0 bridgehead atoms. The first-order valence-electron chi connectivity index (χ1n) is 5.97. The SMILES string of the molecule is CCC(C)(CN)NC(=O)c1ccc(OC(F)F)cc1. The van der Waals surface area contributed by atoms with Crippen LogP contribution in [0.1, 0.15) is 30.6 Å². The number of rotatable bonds is 6. The average Bonchev–Trinajstić information content (AvgIpc) is 2.38. The molecule has 0 heterocycles. The van der Waals surface area contributed by atoms with E-state index in [1.807, 2.05) is 13.8 Å². The molecule has 3 N–H and O–H groups in total. The number of nitrogens with two attached hydrogens (primary N) is 1. The number of carbonyl (C=O) groups excluding carboxylic acids is 1. The lowest BCUT2D eigenvalue weighted by atomic mass is 9.98. The van der Waals surface area contributed by atoms with Gasteiger partial charge in [0.1, 0.15) is 5.75 Å². The monoisotopic (exact) mass is 272 g/mol. The fourth-order valence-electron chi connectivity index (χ4n) is 1.42. The zero-order valence-corrected chi connectivity index (χ0v) is 11.0. The molecule has 0 aliphatic heterocycles. The Labute approximate surface area is 110 Å². The quantitative estimate of drug-likeness (QED) is 0.834. The lowest BCUT2D eigenvalue weighted by Gasteiger charge is -2.27.